The first-order valence-electron chi connectivity index (χ1n) is 9.82. The minimum absolute atomic E-state index is 0.0157. The van der Waals surface area contributed by atoms with Crippen LogP contribution < -0.4 is 9.47 Å². The molecule has 0 unspecified atom stereocenters. The number of benzene rings is 1. The molecule has 0 spiro atoms. The molecule has 1 saturated carbocycles. The number of ether oxygens (including phenoxy) is 3. The van der Waals surface area contributed by atoms with Crippen LogP contribution in [0.2, 0.25) is 0 Å². The lowest BCUT2D eigenvalue weighted by atomic mass is 9.95. The first-order valence-corrected chi connectivity index (χ1v) is 11.3. The molecule has 1 aromatic carbocycles. The topological polar surface area (TPSA) is 99.2 Å². The maximum Gasteiger partial charge on any atom is 0.309 e. The van der Waals surface area contributed by atoms with E-state index in [9.17, 15) is 18.0 Å². The highest BCUT2D eigenvalue weighted by molar-refractivity contribution is 7.89. The van der Waals surface area contributed by atoms with Gasteiger partial charge in [0.2, 0.25) is 10.0 Å². The van der Waals surface area contributed by atoms with Crippen molar-refractivity contribution in [2.24, 2.45) is 5.92 Å². The molecule has 2 fully saturated rings. The van der Waals surface area contributed by atoms with Gasteiger partial charge in [-0.15, -0.1) is 0 Å². The number of ketones is 1. The molecule has 29 heavy (non-hydrogen) atoms. The molecule has 1 saturated heterocycles. The van der Waals surface area contributed by atoms with Gasteiger partial charge in [-0.2, -0.15) is 4.31 Å². The monoisotopic (exact) mass is 425 g/mol. The standard InChI is InChI=1S/C20H27NO7S/c1-26-18-8-7-15(13-19(18)27-2)29(24,25)21-11-9-14(10-12-21)20(23)28-17-6-4-3-5-16(17)22/h7-8,13-14,17H,3-6,9-12H2,1-2H3/t17-/m0/s1. The smallest absolute Gasteiger partial charge is 0.309 e. The van der Waals surface area contributed by atoms with Crippen molar-refractivity contribution in [3.8, 4) is 11.5 Å². The van der Waals surface area contributed by atoms with E-state index >= 15 is 0 Å². The van der Waals surface area contributed by atoms with Gasteiger partial charge in [-0.05, 0) is 44.2 Å². The second-order valence-corrected chi connectivity index (χ2v) is 9.27. The van der Waals surface area contributed by atoms with Gasteiger partial charge in [0.25, 0.3) is 0 Å². The number of nitrogens with zero attached hydrogens (tertiary/aromatic N) is 1. The van der Waals surface area contributed by atoms with Gasteiger partial charge >= 0.3 is 5.97 Å². The Hall–Kier alpha value is -2.13. The van der Waals surface area contributed by atoms with Crippen molar-refractivity contribution in [1.82, 2.24) is 4.31 Å². The number of methoxy groups -OCH3 is 2. The molecule has 1 heterocycles. The summed E-state index contributed by atoms with van der Waals surface area (Å²) >= 11 is 0. The number of hydrogen-bond donors (Lipinski definition) is 0. The maximum atomic E-state index is 13.0. The van der Waals surface area contributed by atoms with Crippen molar-refractivity contribution in [3.05, 3.63) is 18.2 Å². The summed E-state index contributed by atoms with van der Waals surface area (Å²) in [6.45, 7) is 0.435. The second-order valence-electron chi connectivity index (χ2n) is 7.33. The van der Waals surface area contributed by atoms with Gasteiger partial charge in [-0.1, -0.05) is 0 Å². The molecule has 0 radical (unpaired) electrons. The molecule has 0 bridgehead atoms. The van der Waals surface area contributed by atoms with Gasteiger partial charge in [0, 0.05) is 25.6 Å². The zero-order valence-electron chi connectivity index (χ0n) is 16.8. The molecule has 2 aliphatic rings. The Kier molecular flexibility index (Phi) is 6.79. The van der Waals surface area contributed by atoms with Crippen LogP contribution in [0.5, 0.6) is 11.5 Å². The molecule has 1 aliphatic carbocycles. The highest BCUT2D eigenvalue weighted by Gasteiger charge is 2.35. The highest BCUT2D eigenvalue weighted by atomic mass is 32.2. The molecule has 160 valence electrons. The van der Waals surface area contributed by atoms with Gasteiger partial charge < -0.3 is 14.2 Å². The Morgan fingerprint density at radius 1 is 1.03 bits per heavy atom. The zero-order valence-corrected chi connectivity index (χ0v) is 17.6. The van der Waals surface area contributed by atoms with E-state index in [-0.39, 0.29) is 29.7 Å². The van der Waals surface area contributed by atoms with E-state index in [2.05, 4.69) is 0 Å². The third kappa shape index (κ3) is 4.72. The summed E-state index contributed by atoms with van der Waals surface area (Å²) in [5.41, 5.74) is 0. The normalized spacial score (nSPS) is 21.6. The number of esters is 1. The van der Waals surface area contributed by atoms with Crippen LogP contribution >= 0.6 is 0 Å². The van der Waals surface area contributed by atoms with Crippen molar-refractivity contribution in [3.63, 3.8) is 0 Å². The van der Waals surface area contributed by atoms with Crippen molar-refractivity contribution in [1.29, 1.82) is 0 Å². The first kappa shape index (κ1) is 21.6. The third-order valence-electron chi connectivity index (χ3n) is 5.54. The summed E-state index contributed by atoms with van der Waals surface area (Å²) in [6, 6.07) is 4.46. The van der Waals surface area contributed by atoms with Gasteiger partial charge in [0.15, 0.2) is 23.4 Å². The molecule has 8 nitrogen and oxygen atoms in total. The lowest BCUT2D eigenvalue weighted by Gasteiger charge is -2.31. The summed E-state index contributed by atoms with van der Waals surface area (Å²) in [4.78, 5) is 24.4. The molecule has 0 aromatic heterocycles. The molecule has 1 aliphatic heterocycles. The molecule has 1 atom stereocenters. The Morgan fingerprint density at radius 2 is 1.72 bits per heavy atom. The van der Waals surface area contributed by atoms with E-state index in [1.165, 1.54) is 30.7 Å². The SMILES string of the molecule is COc1ccc(S(=O)(=O)N2CCC(C(=O)O[C@H]3CCCCC3=O)CC2)cc1OC. The van der Waals surface area contributed by atoms with Crippen molar-refractivity contribution in [2.75, 3.05) is 27.3 Å². The highest BCUT2D eigenvalue weighted by Crippen LogP contribution is 2.32. The van der Waals surface area contributed by atoms with Crippen LogP contribution in [-0.2, 0) is 24.3 Å². The molecular formula is C20H27NO7S. The lowest BCUT2D eigenvalue weighted by molar-refractivity contribution is -0.161. The molecule has 0 amide bonds. The third-order valence-corrected chi connectivity index (χ3v) is 7.43. The summed E-state index contributed by atoms with van der Waals surface area (Å²) < 4.78 is 43.0. The van der Waals surface area contributed by atoms with Crippen molar-refractivity contribution < 1.29 is 32.2 Å². The van der Waals surface area contributed by atoms with Gasteiger partial charge in [-0.3, -0.25) is 9.59 Å². The summed E-state index contributed by atoms with van der Waals surface area (Å²) in [7, 11) is -0.783. The van der Waals surface area contributed by atoms with Crippen LogP contribution in [0.4, 0.5) is 0 Å². The Morgan fingerprint density at radius 3 is 2.34 bits per heavy atom. The summed E-state index contributed by atoms with van der Waals surface area (Å²) in [5, 5.41) is 0. The molecule has 1 aromatic rings. The molecular weight excluding hydrogens is 398 g/mol. The predicted molar refractivity (Wildman–Crippen MR) is 104 cm³/mol. The van der Waals surface area contributed by atoms with Crippen LogP contribution in [0.15, 0.2) is 23.1 Å². The van der Waals surface area contributed by atoms with E-state index in [0.29, 0.717) is 37.2 Å². The van der Waals surface area contributed by atoms with E-state index in [0.717, 1.165) is 12.8 Å². The number of sulfonamides is 1. The van der Waals surface area contributed by atoms with Gasteiger partial charge in [-0.25, -0.2) is 8.42 Å². The van der Waals surface area contributed by atoms with E-state index in [1.807, 2.05) is 0 Å². The molecule has 9 heteroatoms. The fourth-order valence-electron chi connectivity index (χ4n) is 3.77. The molecule has 3 rings (SSSR count). The Labute approximate surface area is 171 Å². The fraction of sp³-hybridized carbons (Fsp3) is 0.600. The van der Waals surface area contributed by atoms with Gasteiger partial charge in [0.05, 0.1) is 25.0 Å². The largest absolute Gasteiger partial charge is 0.493 e. The molecule has 0 N–H and O–H groups in total. The number of hydrogen-bond acceptors (Lipinski definition) is 7. The van der Waals surface area contributed by atoms with Crippen molar-refractivity contribution in [2.45, 2.75) is 49.5 Å². The fourth-order valence-corrected chi connectivity index (χ4v) is 5.26. The Bertz CT molecular complexity index is 860. The average Bonchev–Trinajstić information content (AvgIpc) is 2.74. The zero-order chi connectivity index (χ0) is 21.0. The Balaban J connectivity index is 1.62. The number of carbonyl (C=O) groups is 2. The first-order chi connectivity index (χ1) is 13.9. The van der Waals surface area contributed by atoms with Crippen LogP contribution in [0, 0.1) is 5.92 Å². The van der Waals surface area contributed by atoms with Crippen LogP contribution in [-0.4, -0.2) is 57.9 Å². The lowest BCUT2D eigenvalue weighted by Crippen LogP contribution is -2.41. The van der Waals surface area contributed by atoms with E-state index < -0.39 is 22.1 Å². The summed E-state index contributed by atoms with van der Waals surface area (Å²) in [5.74, 6) is -0.0117. The minimum atomic E-state index is -3.71. The van der Waals surface area contributed by atoms with Crippen LogP contribution in [0.1, 0.15) is 38.5 Å². The van der Waals surface area contributed by atoms with E-state index in [4.69, 9.17) is 14.2 Å². The quantitative estimate of drug-likeness (QED) is 0.644. The van der Waals surface area contributed by atoms with Gasteiger partial charge in [0.1, 0.15) is 0 Å². The summed E-state index contributed by atoms with van der Waals surface area (Å²) in [6.07, 6.45) is 2.87. The number of piperidine rings is 1. The average molecular weight is 426 g/mol. The van der Waals surface area contributed by atoms with E-state index in [1.54, 1.807) is 6.07 Å². The van der Waals surface area contributed by atoms with Crippen molar-refractivity contribution >= 4 is 21.8 Å². The number of carbonyl (C=O) groups excluding carboxylic acids is 2. The minimum Gasteiger partial charge on any atom is -0.493 e. The van der Waals surface area contributed by atoms with Crippen LogP contribution in [0.3, 0.4) is 0 Å². The number of Topliss-reactive ketones (excluding diaryl/α,β-unsaturated/α-hetero) is 1. The second kappa shape index (κ2) is 9.13. The number of rotatable bonds is 6. The predicted octanol–water partition coefficient (Wildman–Crippen LogP) is 2.16. The maximum absolute atomic E-state index is 13.0. The van der Waals surface area contributed by atoms with Crippen LogP contribution in [0.25, 0.3) is 0 Å².